The highest BCUT2D eigenvalue weighted by molar-refractivity contribution is 6.01. The summed E-state index contributed by atoms with van der Waals surface area (Å²) in [6.45, 7) is 1.53. The molecule has 0 aliphatic heterocycles. The molecule has 22 heavy (non-hydrogen) atoms. The van der Waals surface area contributed by atoms with E-state index in [4.69, 9.17) is 14.6 Å². The Bertz CT molecular complexity index is 603. The molecule has 0 spiro atoms. The topological polar surface area (TPSA) is 72.8 Å². The molecule has 1 aromatic rings. The predicted octanol–water partition coefficient (Wildman–Crippen LogP) is 2.93. The molecule has 1 saturated carbocycles. The first-order chi connectivity index (χ1) is 10.5. The van der Waals surface area contributed by atoms with Gasteiger partial charge in [0, 0.05) is 5.92 Å². The highest BCUT2D eigenvalue weighted by Crippen LogP contribution is 2.31. The van der Waals surface area contributed by atoms with Crippen LogP contribution in [0.4, 0.5) is 0 Å². The number of carbonyl (C=O) groups is 2. The minimum atomic E-state index is -1.05. The van der Waals surface area contributed by atoms with Crippen LogP contribution >= 0.6 is 0 Å². The first-order valence-electron chi connectivity index (χ1n) is 7.28. The van der Waals surface area contributed by atoms with Crippen molar-refractivity contribution >= 4 is 17.8 Å². The van der Waals surface area contributed by atoms with E-state index in [2.05, 4.69) is 0 Å². The summed E-state index contributed by atoms with van der Waals surface area (Å²) in [6.07, 6.45) is 4.64. The maximum atomic E-state index is 12.1. The van der Waals surface area contributed by atoms with Crippen molar-refractivity contribution in [3.63, 3.8) is 0 Å². The van der Waals surface area contributed by atoms with Crippen LogP contribution in [0.1, 0.15) is 31.7 Å². The summed E-state index contributed by atoms with van der Waals surface area (Å²) < 4.78 is 10.4. The first kappa shape index (κ1) is 16.1. The Labute approximate surface area is 129 Å². The molecule has 0 saturated heterocycles. The summed E-state index contributed by atoms with van der Waals surface area (Å²) >= 11 is 0. The number of allylic oxidation sites excluding steroid dienone is 1. The van der Waals surface area contributed by atoms with Crippen molar-refractivity contribution in [2.45, 2.75) is 26.2 Å². The lowest BCUT2D eigenvalue weighted by Crippen LogP contribution is -2.18. The minimum absolute atomic E-state index is 0.0834. The highest BCUT2D eigenvalue weighted by Gasteiger charge is 2.22. The van der Waals surface area contributed by atoms with E-state index in [1.807, 2.05) is 13.0 Å². The maximum absolute atomic E-state index is 12.1. The van der Waals surface area contributed by atoms with Crippen molar-refractivity contribution in [2.75, 3.05) is 13.7 Å². The summed E-state index contributed by atoms with van der Waals surface area (Å²) in [6, 6.07) is 5.20. The van der Waals surface area contributed by atoms with Gasteiger partial charge in [-0.15, -0.1) is 0 Å². The number of ketones is 1. The van der Waals surface area contributed by atoms with Crippen LogP contribution in [0.5, 0.6) is 11.5 Å². The third kappa shape index (κ3) is 3.87. The quantitative estimate of drug-likeness (QED) is 0.847. The fourth-order valence-corrected chi connectivity index (χ4v) is 2.55. The number of rotatable bonds is 5. The number of methoxy groups -OCH3 is 1. The first-order valence-corrected chi connectivity index (χ1v) is 7.28. The Morgan fingerprint density at radius 2 is 2.18 bits per heavy atom. The molecule has 0 bridgehead atoms. The third-order valence-electron chi connectivity index (χ3n) is 3.73. The lowest BCUT2D eigenvalue weighted by molar-refractivity contribution is -0.139. The lowest BCUT2D eigenvalue weighted by atomic mass is 9.84. The Hall–Kier alpha value is -2.30. The van der Waals surface area contributed by atoms with Crippen molar-refractivity contribution in [1.29, 1.82) is 0 Å². The zero-order chi connectivity index (χ0) is 16.1. The van der Waals surface area contributed by atoms with E-state index < -0.39 is 12.6 Å². The van der Waals surface area contributed by atoms with E-state index in [0.717, 1.165) is 30.4 Å². The fourth-order valence-electron chi connectivity index (χ4n) is 2.55. The number of carbonyl (C=O) groups excluding carboxylic acids is 1. The van der Waals surface area contributed by atoms with E-state index in [9.17, 15) is 9.59 Å². The Kier molecular flexibility index (Phi) is 5.20. The molecule has 1 atom stereocenters. The normalized spacial score (nSPS) is 20.0. The van der Waals surface area contributed by atoms with Gasteiger partial charge in [0.2, 0.25) is 0 Å². The molecule has 1 aromatic carbocycles. The molecule has 0 amide bonds. The molecule has 5 heteroatoms. The van der Waals surface area contributed by atoms with Crippen molar-refractivity contribution in [3.8, 4) is 11.5 Å². The van der Waals surface area contributed by atoms with Crippen molar-refractivity contribution < 1.29 is 24.2 Å². The van der Waals surface area contributed by atoms with E-state index in [-0.39, 0.29) is 11.7 Å². The smallest absolute Gasteiger partial charge is 0.341 e. The van der Waals surface area contributed by atoms with Gasteiger partial charge in [-0.25, -0.2) is 4.79 Å². The second kappa shape index (κ2) is 7.11. The number of aliphatic carboxylic acids is 1. The maximum Gasteiger partial charge on any atom is 0.341 e. The second-order valence-corrected chi connectivity index (χ2v) is 5.42. The Morgan fingerprint density at radius 1 is 1.41 bits per heavy atom. The summed E-state index contributed by atoms with van der Waals surface area (Å²) in [7, 11) is 1.49. The lowest BCUT2D eigenvalue weighted by Gasteiger charge is -2.19. The molecule has 0 radical (unpaired) electrons. The van der Waals surface area contributed by atoms with Crippen molar-refractivity contribution in [3.05, 3.63) is 29.3 Å². The van der Waals surface area contributed by atoms with Crippen LogP contribution in [0.2, 0.25) is 0 Å². The van der Waals surface area contributed by atoms with Gasteiger partial charge < -0.3 is 14.6 Å². The van der Waals surface area contributed by atoms with Gasteiger partial charge in [-0.1, -0.05) is 13.0 Å². The van der Waals surface area contributed by atoms with Gasteiger partial charge in [-0.3, -0.25) is 4.79 Å². The van der Waals surface area contributed by atoms with Crippen LogP contribution in [-0.2, 0) is 9.59 Å². The van der Waals surface area contributed by atoms with Gasteiger partial charge in [0.1, 0.15) is 0 Å². The monoisotopic (exact) mass is 304 g/mol. The Balaban J connectivity index is 2.22. The summed E-state index contributed by atoms with van der Waals surface area (Å²) in [5, 5.41) is 8.65. The SMILES string of the molecule is COc1cc(/C=C2\CCC[C@H](C)C2=O)ccc1OCC(=O)O. The molecule has 0 unspecified atom stereocenters. The number of benzene rings is 1. The van der Waals surface area contributed by atoms with E-state index in [0.29, 0.717) is 11.5 Å². The number of carboxylic acids is 1. The second-order valence-electron chi connectivity index (χ2n) is 5.42. The van der Waals surface area contributed by atoms with Crippen LogP contribution in [-0.4, -0.2) is 30.6 Å². The van der Waals surface area contributed by atoms with Crippen LogP contribution in [0.3, 0.4) is 0 Å². The molecule has 1 fully saturated rings. The molecule has 2 rings (SSSR count). The largest absolute Gasteiger partial charge is 0.493 e. The molecule has 118 valence electrons. The average molecular weight is 304 g/mol. The summed E-state index contributed by atoms with van der Waals surface area (Å²) in [5.74, 6) is 0.0637. The molecular weight excluding hydrogens is 284 g/mol. The van der Waals surface area contributed by atoms with Gasteiger partial charge >= 0.3 is 5.97 Å². The van der Waals surface area contributed by atoms with Crippen molar-refractivity contribution in [2.24, 2.45) is 5.92 Å². The Morgan fingerprint density at radius 3 is 2.86 bits per heavy atom. The van der Waals surface area contributed by atoms with Crippen molar-refractivity contribution in [1.82, 2.24) is 0 Å². The number of hydrogen-bond donors (Lipinski definition) is 1. The molecule has 1 aliphatic carbocycles. The summed E-state index contributed by atoms with van der Waals surface area (Å²) in [5.41, 5.74) is 1.68. The highest BCUT2D eigenvalue weighted by atomic mass is 16.5. The zero-order valence-electron chi connectivity index (χ0n) is 12.8. The van der Waals surface area contributed by atoms with Gasteiger partial charge in [0.15, 0.2) is 23.9 Å². The average Bonchev–Trinajstić information content (AvgIpc) is 2.50. The zero-order valence-corrected chi connectivity index (χ0v) is 12.8. The third-order valence-corrected chi connectivity index (χ3v) is 3.73. The molecular formula is C17H20O5. The summed E-state index contributed by atoms with van der Waals surface area (Å²) in [4.78, 5) is 22.7. The van der Waals surface area contributed by atoms with E-state index in [1.54, 1.807) is 18.2 Å². The van der Waals surface area contributed by atoms with E-state index >= 15 is 0 Å². The van der Waals surface area contributed by atoms with Crippen LogP contribution < -0.4 is 9.47 Å². The van der Waals surface area contributed by atoms with Crippen LogP contribution in [0, 0.1) is 5.92 Å². The number of ether oxygens (including phenoxy) is 2. The number of hydrogen-bond acceptors (Lipinski definition) is 4. The van der Waals surface area contributed by atoms with Gasteiger partial charge in [-0.2, -0.15) is 0 Å². The number of carboxylic acid groups (broad SMARTS) is 1. The van der Waals surface area contributed by atoms with Gasteiger partial charge in [0.25, 0.3) is 0 Å². The molecule has 0 aromatic heterocycles. The minimum Gasteiger partial charge on any atom is -0.493 e. The molecule has 1 N–H and O–H groups in total. The molecule has 5 nitrogen and oxygen atoms in total. The molecule has 1 aliphatic rings. The predicted molar refractivity (Wildman–Crippen MR) is 82.1 cm³/mol. The van der Waals surface area contributed by atoms with Gasteiger partial charge in [-0.05, 0) is 48.6 Å². The number of Topliss-reactive ketones (excluding diaryl/α,β-unsaturated/α-hetero) is 1. The van der Waals surface area contributed by atoms with E-state index in [1.165, 1.54) is 7.11 Å². The van der Waals surface area contributed by atoms with Gasteiger partial charge in [0.05, 0.1) is 7.11 Å². The van der Waals surface area contributed by atoms with Crippen LogP contribution in [0.15, 0.2) is 23.8 Å². The van der Waals surface area contributed by atoms with Crippen LogP contribution in [0.25, 0.3) is 6.08 Å². The standard InChI is InChI=1S/C17H20O5/c1-11-4-3-5-13(17(11)20)8-12-6-7-14(15(9-12)21-2)22-10-16(18)19/h6-9,11H,3-5,10H2,1-2H3,(H,18,19)/b13-8+/t11-/m0/s1. The fraction of sp³-hybridized carbons (Fsp3) is 0.412. The molecule has 0 heterocycles.